The number of aromatic nitrogens is 6. The zero-order valence-electron chi connectivity index (χ0n) is 28.6. The SMILES string of the molecule is [2H]C([2H])([2H])n1c(=O)n([C@@H]2CC[C@@]([2H])(NC(=O)OC)C2)c2cc(Nc3cc(C)c4nc([C@@H](C)OC)n([C@@]5(C(N)=O)C[C@@H]5C)c4n3)ncc21. The van der Waals surface area contributed by atoms with Crippen molar-refractivity contribution in [3.63, 3.8) is 0 Å². The molecule has 0 spiro atoms. The largest absolute Gasteiger partial charge is 0.453 e. The lowest BCUT2D eigenvalue weighted by Gasteiger charge is -2.21. The van der Waals surface area contributed by atoms with Gasteiger partial charge in [0.25, 0.3) is 0 Å². The van der Waals surface area contributed by atoms with E-state index in [1.807, 2.05) is 20.8 Å². The van der Waals surface area contributed by atoms with E-state index in [4.69, 9.17) is 25.9 Å². The first-order chi connectivity index (χ1) is 22.0. The number of pyridine rings is 2. The van der Waals surface area contributed by atoms with Crippen LogP contribution in [0, 0.1) is 12.8 Å². The molecule has 4 N–H and O–H groups in total. The zero-order chi connectivity index (χ0) is 34.2. The molecule has 4 aromatic rings. The molecule has 2 amide bonds. The summed E-state index contributed by atoms with van der Waals surface area (Å²) in [5.41, 5.74) is 6.32. The molecule has 4 aromatic heterocycles. The van der Waals surface area contributed by atoms with Crippen LogP contribution in [0.15, 0.2) is 23.1 Å². The number of hydrogen-bond acceptors (Lipinski definition) is 9. The van der Waals surface area contributed by atoms with Crippen LogP contribution < -0.4 is 22.1 Å². The number of nitrogens with two attached hydrogens (primary N) is 1. The molecule has 0 unspecified atom stereocenters. The molecule has 0 aliphatic heterocycles. The fraction of sp³-hybridized carbons (Fsp3) is 0.517. The second-order valence-electron chi connectivity index (χ2n) is 11.4. The molecule has 14 nitrogen and oxygen atoms in total. The Balaban J connectivity index is 1.45. The molecule has 228 valence electrons. The number of methoxy groups -OCH3 is 2. The molecule has 5 atom stereocenters. The number of fused-ring (bicyclic) bond motifs is 2. The van der Waals surface area contributed by atoms with Gasteiger partial charge in [-0.1, -0.05) is 6.92 Å². The van der Waals surface area contributed by atoms with Crippen molar-refractivity contribution in [3.05, 3.63) is 40.2 Å². The van der Waals surface area contributed by atoms with Crippen molar-refractivity contribution in [1.29, 1.82) is 0 Å². The Kier molecular flexibility index (Phi) is 5.79. The average molecular weight is 596 g/mol. The van der Waals surface area contributed by atoms with Crippen LogP contribution in [0.3, 0.4) is 0 Å². The molecular formula is C29H37N9O5. The molecular weight excluding hydrogens is 554 g/mol. The Morgan fingerprint density at radius 1 is 1.23 bits per heavy atom. The summed E-state index contributed by atoms with van der Waals surface area (Å²) in [7, 11) is 2.76. The van der Waals surface area contributed by atoms with E-state index in [1.165, 1.54) is 17.9 Å². The van der Waals surface area contributed by atoms with Crippen molar-refractivity contribution in [2.45, 2.75) is 70.2 Å². The van der Waals surface area contributed by atoms with Crippen LogP contribution in [0.4, 0.5) is 16.4 Å². The number of carbonyl (C=O) groups excluding carboxylic acids is 2. The van der Waals surface area contributed by atoms with Crippen molar-refractivity contribution in [2.75, 3.05) is 19.5 Å². The minimum atomic E-state index is -2.80. The van der Waals surface area contributed by atoms with Crippen LogP contribution >= 0.6 is 0 Å². The van der Waals surface area contributed by atoms with E-state index in [0.717, 1.165) is 5.56 Å². The van der Waals surface area contributed by atoms with Gasteiger partial charge < -0.3 is 25.8 Å². The summed E-state index contributed by atoms with van der Waals surface area (Å²) in [5, 5.41) is 5.68. The van der Waals surface area contributed by atoms with E-state index in [2.05, 4.69) is 20.4 Å². The molecule has 4 heterocycles. The third-order valence-corrected chi connectivity index (χ3v) is 8.75. The van der Waals surface area contributed by atoms with Crippen LogP contribution in [-0.4, -0.2) is 60.9 Å². The van der Waals surface area contributed by atoms with E-state index in [9.17, 15) is 14.4 Å². The Labute approximate surface area is 253 Å². The lowest BCUT2D eigenvalue weighted by Crippen LogP contribution is -2.37. The number of anilines is 2. The van der Waals surface area contributed by atoms with Crippen LogP contribution in [0.1, 0.15) is 68.5 Å². The summed E-state index contributed by atoms with van der Waals surface area (Å²) < 4.78 is 46.9. The summed E-state index contributed by atoms with van der Waals surface area (Å²) in [6.07, 6.45) is 1.23. The van der Waals surface area contributed by atoms with E-state index in [1.54, 1.807) is 23.8 Å². The standard InChI is InChI=1S/C29H37N9O5/c1-14-9-22(34-25-23(14)35-24(16(3)42-5)38(25)29(26(30)39)12-15(29)2)33-21-11-19-20(13-31-21)36(4)28(41)37(19)18-8-7-17(10-18)32-27(40)43-6/h9,11,13,15-18H,7-8,10,12H2,1-6H3,(H2,30,39)(H,32,40)(H,31,33,34)/t15-,16+,17+,18+,29-/m0/s1/i4D3,17D. The van der Waals surface area contributed by atoms with Gasteiger partial charge in [0.2, 0.25) is 5.91 Å². The fourth-order valence-corrected chi connectivity index (χ4v) is 6.25. The number of imidazole rings is 2. The van der Waals surface area contributed by atoms with E-state index >= 15 is 0 Å². The minimum Gasteiger partial charge on any atom is -0.453 e. The molecule has 2 saturated carbocycles. The second kappa shape index (κ2) is 10.4. The summed E-state index contributed by atoms with van der Waals surface area (Å²) in [6.45, 7) is 2.84. The second-order valence-corrected chi connectivity index (χ2v) is 11.4. The predicted octanol–water partition coefficient (Wildman–Crippen LogP) is 2.91. The van der Waals surface area contributed by atoms with E-state index in [0.29, 0.717) is 40.2 Å². The number of nitrogens with zero attached hydrogens (tertiary/aromatic N) is 6. The highest BCUT2D eigenvalue weighted by atomic mass is 16.5. The monoisotopic (exact) mass is 595 g/mol. The Morgan fingerprint density at radius 2 is 2.00 bits per heavy atom. The van der Waals surface area contributed by atoms with Gasteiger partial charge in [-0.15, -0.1) is 0 Å². The maximum atomic E-state index is 13.6. The van der Waals surface area contributed by atoms with Crippen LogP contribution in [0.5, 0.6) is 0 Å². The highest BCUT2D eigenvalue weighted by molar-refractivity contribution is 5.90. The van der Waals surface area contributed by atoms with Crippen molar-refractivity contribution in [3.8, 4) is 0 Å². The maximum absolute atomic E-state index is 13.6. The first-order valence-corrected chi connectivity index (χ1v) is 14.0. The van der Waals surface area contributed by atoms with E-state index in [-0.39, 0.29) is 35.6 Å². The van der Waals surface area contributed by atoms with Gasteiger partial charge in [0.1, 0.15) is 34.6 Å². The average Bonchev–Trinajstić information content (AvgIpc) is 3.25. The number of alkyl carbamates (subject to hydrolysis) is 1. The van der Waals surface area contributed by atoms with Gasteiger partial charge in [-0.3, -0.25) is 18.5 Å². The number of ether oxygens (including phenoxy) is 2. The Morgan fingerprint density at radius 3 is 2.65 bits per heavy atom. The third-order valence-electron chi connectivity index (χ3n) is 8.75. The molecule has 0 radical (unpaired) electrons. The molecule has 2 fully saturated rings. The number of aryl methyl sites for hydroxylation is 2. The molecule has 0 aromatic carbocycles. The normalized spacial score (nSPS) is 27.3. The lowest BCUT2D eigenvalue weighted by molar-refractivity contribution is -0.122. The number of rotatable bonds is 8. The first kappa shape index (κ1) is 24.0. The quantitative estimate of drug-likeness (QED) is 0.277. The number of primary amides is 1. The first-order valence-electron chi connectivity index (χ1n) is 16.0. The van der Waals surface area contributed by atoms with Gasteiger partial charge in [0.05, 0.1) is 25.7 Å². The smallest absolute Gasteiger partial charge is 0.407 e. The Bertz CT molecular complexity index is 1990. The molecule has 6 rings (SSSR count). The number of hydrogen-bond donors (Lipinski definition) is 3. The molecule has 14 heteroatoms. The Hall–Kier alpha value is -4.46. The molecule has 0 bridgehead atoms. The van der Waals surface area contributed by atoms with Crippen LogP contribution in [0.2, 0.25) is 0 Å². The van der Waals surface area contributed by atoms with Crippen molar-refractivity contribution >= 4 is 45.8 Å². The van der Waals surface area contributed by atoms with Crippen molar-refractivity contribution in [1.82, 2.24) is 34.0 Å². The van der Waals surface area contributed by atoms with Gasteiger partial charge >= 0.3 is 11.8 Å². The molecule has 0 saturated heterocycles. The maximum Gasteiger partial charge on any atom is 0.407 e. The molecule has 2 aliphatic carbocycles. The number of nitrogens with one attached hydrogen (secondary N) is 2. The highest BCUT2D eigenvalue weighted by Crippen LogP contribution is 2.52. The third kappa shape index (κ3) is 4.51. The van der Waals surface area contributed by atoms with E-state index < -0.39 is 48.4 Å². The number of amides is 2. The summed E-state index contributed by atoms with van der Waals surface area (Å²) >= 11 is 0. The van der Waals surface area contributed by atoms with Gasteiger partial charge in [-0.05, 0) is 57.1 Å². The summed E-state index contributed by atoms with van der Waals surface area (Å²) in [5.74, 6) is 0.634. The fourth-order valence-electron chi connectivity index (χ4n) is 6.25. The van der Waals surface area contributed by atoms with Gasteiger partial charge in [0, 0.05) is 36.3 Å². The van der Waals surface area contributed by atoms with Gasteiger partial charge in [-0.25, -0.2) is 24.5 Å². The van der Waals surface area contributed by atoms with Gasteiger partial charge in [-0.2, -0.15) is 0 Å². The van der Waals surface area contributed by atoms with Crippen LogP contribution in [0.25, 0.3) is 22.2 Å². The minimum absolute atomic E-state index is 0.0390. The molecule has 43 heavy (non-hydrogen) atoms. The predicted molar refractivity (Wildman–Crippen MR) is 159 cm³/mol. The lowest BCUT2D eigenvalue weighted by atomic mass is 10.1. The zero-order valence-corrected chi connectivity index (χ0v) is 24.6. The summed E-state index contributed by atoms with van der Waals surface area (Å²) in [4.78, 5) is 52.4. The molecule has 2 aliphatic rings. The highest BCUT2D eigenvalue weighted by Gasteiger charge is 2.60. The van der Waals surface area contributed by atoms with Gasteiger partial charge in [0.15, 0.2) is 5.65 Å². The topological polar surface area (TPSA) is 173 Å². The summed E-state index contributed by atoms with van der Waals surface area (Å²) in [6, 6.07) is 1.34. The van der Waals surface area contributed by atoms with Crippen molar-refractivity contribution in [2.24, 2.45) is 18.6 Å². The van der Waals surface area contributed by atoms with Crippen molar-refractivity contribution < 1.29 is 24.5 Å². The number of carbonyl (C=O) groups is 2. The van der Waals surface area contributed by atoms with Crippen LogP contribution in [-0.2, 0) is 26.8 Å².